The molecule has 6 rings (SSSR count). The van der Waals surface area contributed by atoms with Gasteiger partial charge in [-0.2, -0.15) is 5.10 Å². The van der Waals surface area contributed by atoms with Crippen molar-refractivity contribution in [3.05, 3.63) is 84.8 Å². The molecule has 11 nitrogen and oxygen atoms in total. The van der Waals surface area contributed by atoms with E-state index in [-0.39, 0.29) is 11.9 Å². The molecule has 4 N–H and O–H groups in total. The van der Waals surface area contributed by atoms with Gasteiger partial charge in [0.1, 0.15) is 17.0 Å². The molecule has 1 aliphatic heterocycles. The number of aryl methyl sites for hydroxylation is 1. The summed E-state index contributed by atoms with van der Waals surface area (Å²) in [6.07, 6.45) is 3.75. The average molecular weight is 579 g/mol. The normalized spacial score (nSPS) is 13.6. The van der Waals surface area contributed by atoms with Gasteiger partial charge >= 0.3 is 6.03 Å². The lowest BCUT2D eigenvalue weighted by molar-refractivity contribution is 0.0383. The van der Waals surface area contributed by atoms with E-state index in [1.807, 2.05) is 84.5 Å². The maximum Gasteiger partial charge on any atom is 0.323 e. The van der Waals surface area contributed by atoms with E-state index in [4.69, 9.17) is 9.84 Å². The van der Waals surface area contributed by atoms with E-state index < -0.39 is 0 Å². The Morgan fingerprint density at radius 2 is 1.70 bits per heavy atom. The quantitative estimate of drug-likeness (QED) is 0.199. The topological polar surface area (TPSA) is 129 Å². The zero-order valence-corrected chi connectivity index (χ0v) is 24.0. The number of nitrogens with one attached hydrogen (secondary N) is 4. The molecule has 0 atom stereocenters. The van der Waals surface area contributed by atoms with Crippen molar-refractivity contribution in [1.29, 1.82) is 0 Å². The number of benzene rings is 2. The van der Waals surface area contributed by atoms with Crippen molar-refractivity contribution in [3.8, 4) is 22.4 Å². The highest BCUT2D eigenvalue weighted by Gasteiger charge is 2.19. The number of pyridine rings is 1. The molecule has 1 fully saturated rings. The Kier molecular flexibility index (Phi) is 8.43. The number of rotatable bonds is 9. The van der Waals surface area contributed by atoms with E-state index in [0.29, 0.717) is 35.8 Å². The Balaban J connectivity index is 1.20. The summed E-state index contributed by atoms with van der Waals surface area (Å²) in [6, 6.07) is 20.4. The third-order valence-corrected chi connectivity index (χ3v) is 7.42. The van der Waals surface area contributed by atoms with Gasteiger partial charge in [0.05, 0.1) is 13.2 Å². The summed E-state index contributed by atoms with van der Waals surface area (Å²) in [7, 11) is 0. The van der Waals surface area contributed by atoms with Crippen molar-refractivity contribution < 1.29 is 14.3 Å². The molecule has 220 valence electrons. The van der Waals surface area contributed by atoms with E-state index in [1.165, 1.54) is 0 Å². The predicted molar refractivity (Wildman–Crippen MR) is 167 cm³/mol. The van der Waals surface area contributed by atoms with Crippen molar-refractivity contribution >= 4 is 34.3 Å². The second-order valence-corrected chi connectivity index (χ2v) is 10.3. The number of morpholine rings is 1. The summed E-state index contributed by atoms with van der Waals surface area (Å²) in [5.41, 5.74) is 6.02. The number of hydrogen-bond donors (Lipinski definition) is 4. The highest BCUT2D eigenvalue weighted by Crippen LogP contribution is 2.35. The zero-order chi connectivity index (χ0) is 29.6. The molecule has 0 spiro atoms. The number of urea groups is 1. The average Bonchev–Trinajstić information content (AvgIpc) is 3.67. The maximum atomic E-state index is 13.0. The Morgan fingerprint density at radius 1 is 0.953 bits per heavy atom. The number of H-pyrrole nitrogens is 1. The van der Waals surface area contributed by atoms with Crippen LogP contribution in [0.15, 0.2) is 79.1 Å². The van der Waals surface area contributed by atoms with Crippen LogP contribution >= 0.6 is 0 Å². The van der Waals surface area contributed by atoms with Crippen molar-refractivity contribution in [2.75, 3.05) is 50.0 Å². The standard InChI is InChI=1S/C32H34N8O3/c1-2-40-21-27(29(38-40)22-8-10-24(11-9-22)36-32(42)35-23-6-4-3-5-7-23)25-12-13-33-30-26(25)20-28(37-30)31(41)34-14-15-39-16-18-43-19-17-39/h3-13,20-21H,2,14-19H2,1H3,(H,33,37)(H,34,41)(H2,35,36,42). The number of carbonyl (C=O) groups excluding carboxylic acids is 2. The molecule has 1 saturated heterocycles. The highest BCUT2D eigenvalue weighted by atomic mass is 16.5. The molecule has 3 amide bonds. The fourth-order valence-electron chi connectivity index (χ4n) is 5.15. The Bertz CT molecular complexity index is 1710. The van der Waals surface area contributed by atoms with Gasteiger partial charge < -0.3 is 25.7 Å². The van der Waals surface area contributed by atoms with Crippen molar-refractivity contribution in [3.63, 3.8) is 0 Å². The number of aromatic amines is 1. The van der Waals surface area contributed by atoms with Gasteiger partial charge in [0.15, 0.2) is 0 Å². The van der Waals surface area contributed by atoms with Crippen LogP contribution in [0.3, 0.4) is 0 Å². The molecule has 2 aromatic carbocycles. The van der Waals surface area contributed by atoms with Gasteiger partial charge in [-0.3, -0.25) is 14.4 Å². The molecular formula is C32H34N8O3. The molecular weight excluding hydrogens is 544 g/mol. The van der Waals surface area contributed by atoms with E-state index >= 15 is 0 Å². The second-order valence-electron chi connectivity index (χ2n) is 10.3. The number of hydrogen-bond acceptors (Lipinski definition) is 6. The van der Waals surface area contributed by atoms with Gasteiger partial charge in [0.2, 0.25) is 0 Å². The summed E-state index contributed by atoms with van der Waals surface area (Å²) < 4.78 is 7.29. The number of carbonyl (C=O) groups is 2. The van der Waals surface area contributed by atoms with E-state index in [9.17, 15) is 9.59 Å². The Morgan fingerprint density at radius 3 is 2.44 bits per heavy atom. The smallest absolute Gasteiger partial charge is 0.323 e. The molecule has 0 aliphatic carbocycles. The van der Waals surface area contributed by atoms with Crippen LogP contribution in [-0.4, -0.2) is 76.0 Å². The number of amides is 3. The van der Waals surface area contributed by atoms with Crippen molar-refractivity contribution in [2.45, 2.75) is 13.5 Å². The van der Waals surface area contributed by atoms with Crippen LogP contribution in [0, 0.1) is 0 Å². The zero-order valence-electron chi connectivity index (χ0n) is 24.0. The summed E-state index contributed by atoms with van der Waals surface area (Å²) in [6.45, 7) is 7.30. The monoisotopic (exact) mass is 578 g/mol. The summed E-state index contributed by atoms with van der Waals surface area (Å²) in [5, 5.41) is 14.4. The maximum absolute atomic E-state index is 13.0. The van der Waals surface area contributed by atoms with Crippen LogP contribution in [0.4, 0.5) is 16.2 Å². The predicted octanol–water partition coefficient (Wildman–Crippen LogP) is 4.82. The van der Waals surface area contributed by atoms with Crippen LogP contribution in [0.25, 0.3) is 33.4 Å². The molecule has 0 unspecified atom stereocenters. The van der Waals surface area contributed by atoms with Crippen LogP contribution < -0.4 is 16.0 Å². The first-order chi connectivity index (χ1) is 21.1. The molecule has 1 aliphatic rings. The molecule has 43 heavy (non-hydrogen) atoms. The third-order valence-electron chi connectivity index (χ3n) is 7.42. The first-order valence-electron chi connectivity index (χ1n) is 14.4. The van der Waals surface area contributed by atoms with Crippen LogP contribution in [0.2, 0.25) is 0 Å². The number of nitrogens with zero attached hydrogens (tertiary/aromatic N) is 4. The third kappa shape index (κ3) is 6.58. The van der Waals surface area contributed by atoms with Crippen molar-refractivity contribution in [1.82, 2.24) is 30.0 Å². The lowest BCUT2D eigenvalue weighted by Gasteiger charge is -2.26. The van der Waals surface area contributed by atoms with Gasteiger partial charge in [0, 0.05) is 73.0 Å². The number of ether oxygens (including phenoxy) is 1. The number of anilines is 2. The molecule has 5 aromatic rings. The van der Waals surface area contributed by atoms with E-state index in [1.54, 1.807) is 6.20 Å². The summed E-state index contributed by atoms with van der Waals surface area (Å²) in [5.74, 6) is -0.166. The lowest BCUT2D eigenvalue weighted by Crippen LogP contribution is -2.41. The minimum absolute atomic E-state index is 0.166. The minimum Gasteiger partial charge on any atom is -0.379 e. The number of para-hydroxylation sites is 1. The molecule has 0 radical (unpaired) electrons. The van der Waals surface area contributed by atoms with E-state index in [0.717, 1.165) is 60.6 Å². The van der Waals surface area contributed by atoms with Crippen molar-refractivity contribution in [2.24, 2.45) is 0 Å². The first kappa shape index (κ1) is 28.1. The van der Waals surface area contributed by atoms with Crippen LogP contribution in [-0.2, 0) is 11.3 Å². The van der Waals surface area contributed by atoms with Gasteiger partial charge in [0.25, 0.3) is 5.91 Å². The lowest BCUT2D eigenvalue weighted by atomic mass is 10.00. The van der Waals surface area contributed by atoms with Gasteiger partial charge in [-0.1, -0.05) is 30.3 Å². The number of fused-ring (bicyclic) bond motifs is 1. The van der Waals surface area contributed by atoms with Gasteiger partial charge in [-0.05, 0) is 48.9 Å². The van der Waals surface area contributed by atoms with Crippen LogP contribution in [0.1, 0.15) is 17.4 Å². The summed E-state index contributed by atoms with van der Waals surface area (Å²) >= 11 is 0. The largest absolute Gasteiger partial charge is 0.379 e. The second kappa shape index (κ2) is 12.9. The van der Waals surface area contributed by atoms with E-state index in [2.05, 4.69) is 30.8 Å². The molecule has 11 heteroatoms. The fraction of sp³-hybridized carbons (Fsp3) is 0.250. The Labute approximate surface area is 249 Å². The SMILES string of the molecule is CCn1cc(-c2ccnc3[nH]c(C(=O)NCCN4CCOCC4)cc23)c(-c2ccc(NC(=O)Nc3ccccc3)cc2)n1. The van der Waals surface area contributed by atoms with Gasteiger partial charge in [-0.15, -0.1) is 0 Å². The van der Waals surface area contributed by atoms with Crippen LogP contribution in [0.5, 0.6) is 0 Å². The van der Waals surface area contributed by atoms with Gasteiger partial charge in [-0.25, -0.2) is 9.78 Å². The fourth-order valence-corrected chi connectivity index (χ4v) is 5.15. The molecule has 0 bridgehead atoms. The first-order valence-corrected chi connectivity index (χ1v) is 14.4. The Hall–Kier alpha value is -5.00. The number of aromatic nitrogens is 4. The molecule has 3 aromatic heterocycles. The highest BCUT2D eigenvalue weighted by molar-refractivity contribution is 6.03. The molecule has 4 heterocycles. The molecule has 0 saturated carbocycles. The minimum atomic E-state index is -0.317. The summed E-state index contributed by atoms with van der Waals surface area (Å²) in [4.78, 5) is 35.4.